The third-order valence-electron chi connectivity index (χ3n) is 5.59. The summed E-state index contributed by atoms with van der Waals surface area (Å²) in [6.45, 7) is 5.20. The molecule has 0 saturated carbocycles. The summed E-state index contributed by atoms with van der Waals surface area (Å²) in [4.78, 5) is 30.3. The minimum absolute atomic E-state index is 0.221. The average Bonchev–Trinajstić information content (AvgIpc) is 2.84. The van der Waals surface area contributed by atoms with Crippen molar-refractivity contribution in [3.63, 3.8) is 0 Å². The minimum atomic E-state index is -4.96. The van der Waals surface area contributed by atoms with Gasteiger partial charge < -0.3 is 15.3 Å². The van der Waals surface area contributed by atoms with E-state index in [1.807, 2.05) is 18.7 Å². The highest BCUT2D eigenvalue weighted by molar-refractivity contribution is 5.88. The average molecular weight is 497 g/mol. The Hall–Kier alpha value is -3.41. The Morgan fingerprint density at radius 1 is 1.23 bits per heavy atom. The number of rotatable bonds is 5. The number of piperidine rings is 1. The van der Waals surface area contributed by atoms with Crippen LogP contribution >= 0.6 is 0 Å². The lowest BCUT2D eigenvalue weighted by Crippen LogP contribution is -2.50. The van der Waals surface area contributed by atoms with E-state index in [2.05, 4.69) is 15.6 Å². The first-order valence-electron chi connectivity index (χ1n) is 11.3. The van der Waals surface area contributed by atoms with Crippen LogP contribution in [0.5, 0.6) is 0 Å². The van der Waals surface area contributed by atoms with Crippen LogP contribution in [-0.2, 0) is 4.79 Å². The standard InChI is InChI=1S/C21H21F4N5O3.C2H6/c22-12-9-14(17(21(23,24)25)28-18-13(20(32)33)5-4-6-26-18)19-27-15(10-16(31)30(19)11-12)29-7-2-1-3-8-29;1-2/h4-6,9-11,17-18,26,28H,1-3,7-8H2,(H,32,33);1-2H3. The van der Waals surface area contributed by atoms with Crippen molar-refractivity contribution in [2.24, 2.45) is 0 Å². The Labute approximate surface area is 199 Å². The van der Waals surface area contributed by atoms with Crippen LogP contribution in [0.2, 0.25) is 0 Å². The molecule has 2 aliphatic heterocycles. The Bertz CT molecular complexity index is 1190. The smallest absolute Gasteiger partial charge is 0.408 e. The molecule has 35 heavy (non-hydrogen) atoms. The van der Waals surface area contributed by atoms with Gasteiger partial charge in [0.15, 0.2) is 0 Å². The van der Waals surface area contributed by atoms with Crippen LogP contribution in [0.15, 0.2) is 47.0 Å². The molecule has 1 fully saturated rings. The summed E-state index contributed by atoms with van der Waals surface area (Å²) >= 11 is 0. The van der Waals surface area contributed by atoms with Crippen molar-refractivity contribution < 1.29 is 27.5 Å². The molecule has 0 bridgehead atoms. The van der Waals surface area contributed by atoms with Crippen molar-refractivity contribution in [2.75, 3.05) is 18.0 Å². The fraction of sp³-hybridized carbons (Fsp3) is 0.435. The summed E-state index contributed by atoms with van der Waals surface area (Å²) in [5.41, 5.74) is -2.05. The molecule has 2 aromatic rings. The van der Waals surface area contributed by atoms with Gasteiger partial charge in [0.25, 0.3) is 5.56 Å². The number of alkyl halides is 3. The number of aliphatic carboxylic acids is 1. The molecular formula is C23H27F4N5O3. The van der Waals surface area contributed by atoms with Gasteiger partial charge in [0.1, 0.15) is 29.5 Å². The van der Waals surface area contributed by atoms with Crippen molar-refractivity contribution in [1.29, 1.82) is 0 Å². The van der Waals surface area contributed by atoms with E-state index >= 15 is 0 Å². The molecule has 0 aromatic carbocycles. The van der Waals surface area contributed by atoms with E-state index in [4.69, 9.17) is 0 Å². The zero-order valence-corrected chi connectivity index (χ0v) is 19.3. The molecular weight excluding hydrogens is 470 g/mol. The number of carboxylic acids is 1. The van der Waals surface area contributed by atoms with E-state index in [-0.39, 0.29) is 17.0 Å². The molecule has 2 unspecified atom stereocenters. The molecule has 0 aliphatic carbocycles. The highest BCUT2D eigenvalue weighted by Gasteiger charge is 2.44. The van der Waals surface area contributed by atoms with E-state index in [9.17, 15) is 32.3 Å². The first-order valence-corrected chi connectivity index (χ1v) is 11.3. The van der Waals surface area contributed by atoms with Crippen molar-refractivity contribution >= 4 is 17.4 Å². The Balaban J connectivity index is 0.00000167. The van der Waals surface area contributed by atoms with Gasteiger partial charge in [0.05, 0.1) is 5.57 Å². The van der Waals surface area contributed by atoms with Crippen LogP contribution in [-0.4, -0.2) is 45.9 Å². The van der Waals surface area contributed by atoms with Gasteiger partial charge >= 0.3 is 12.1 Å². The Kier molecular flexibility index (Phi) is 8.15. The number of dihydropyridines is 1. The second-order valence-corrected chi connectivity index (χ2v) is 7.83. The third kappa shape index (κ3) is 5.81. The second kappa shape index (κ2) is 10.9. The van der Waals surface area contributed by atoms with E-state index in [1.165, 1.54) is 18.3 Å². The van der Waals surface area contributed by atoms with Gasteiger partial charge in [0, 0.05) is 30.9 Å². The van der Waals surface area contributed by atoms with Gasteiger partial charge in [-0.2, -0.15) is 13.2 Å². The van der Waals surface area contributed by atoms with E-state index in [1.54, 1.807) is 0 Å². The van der Waals surface area contributed by atoms with Crippen molar-refractivity contribution in [2.45, 2.75) is 51.5 Å². The van der Waals surface area contributed by atoms with Crippen molar-refractivity contribution in [3.8, 4) is 0 Å². The van der Waals surface area contributed by atoms with Gasteiger partial charge in [-0.15, -0.1) is 0 Å². The highest BCUT2D eigenvalue weighted by Crippen LogP contribution is 2.36. The van der Waals surface area contributed by atoms with Crippen molar-refractivity contribution in [1.82, 2.24) is 20.0 Å². The van der Waals surface area contributed by atoms with E-state index < -0.39 is 41.3 Å². The zero-order valence-electron chi connectivity index (χ0n) is 19.3. The molecule has 12 heteroatoms. The predicted molar refractivity (Wildman–Crippen MR) is 123 cm³/mol. The number of pyridine rings is 1. The number of hydrogen-bond donors (Lipinski definition) is 3. The van der Waals surface area contributed by atoms with Crippen LogP contribution in [0.4, 0.5) is 23.4 Å². The molecule has 3 N–H and O–H groups in total. The molecule has 2 atom stereocenters. The predicted octanol–water partition coefficient (Wildman–Crippen LogP) is 3.50. The number of nitrogens with zero attached hydrogens (tertiary/aromatic N) is 3. The SMILES string of the molecule is CC.O=C(O)C1=CC=CNC1NC(c1cc(F)cn2c(=O)cc(N3CCCCC3)nc12)C(F)(F)F. The number of fused-ring (bicyclic) bond motifs is 1. The lowest BCUT2D eigenvalue weighted by Gasteiger charge is -2.30. The molecule has 190 valence electrons. The number of nitrogens with one attached hydrogen (secondary N) is 2. The number of aromatic nitrogens is 2. The minimum Gasteiger partial charge on any atom is -0.478 e. The molecule has 4 heterocycles. The zero-order chi connectivity index (χ0) is 25.8. The van der Waals surface area contributed by atoms with Gasteiger partial charge in [-0.3, -0.25) is 14.5 Å². The van der Waals surface area contributed by atoms with Gasteiger partial charge in [-0.1, -0.05) is 13.8 Å². The Morgan fingerprint density at radius 2 is 1.91 bits per heavy atom. The first kappa shape index (κ1) is 26.2. The molecule has 0 spiro atoms. The molecule has 0 amide bonds. The molecule has 4 rings (SSSR count). The number of carbonyl (C=O) groups is 1. The maximum atomic E-state index is 14.3. The third-order valence-corrected chi connectivity index (χ3v) is 5.59. The maximum Gasteiger partial charge on any atom is 0.408 e. The fourth-order valence-corrected chi connectivity index (χ4v) is 4.03. The number of hydrogen-bond acceptors (Lipinski definition) is 6. The van der Waals surface area contributed by atoms with Crippen LogP contribution in [0.1, 0.15) is 44.7 Å². The van der Waals surface area contributed by atoms with Crippen molar-refractivity contribution in [3.05, 3.63) is 64.0 Å². The summed E-state index contributed by atoms with van der Waals surface area (Å²) < 4.78 is 57.6. The molecule has 1 saturated heterocycles. The number of carboxylic acid groups (broad SMARTS) is 1. The molecule has 2 aromatic heterocycles. The van der Waals surface area contributed by atoms with Crippen LogP contribution in [0.25, 0.3) is 5.65 Å². The number of halogens is 4. The molecule has 8 nitrogen and oxygen atoms in total. The fourth-order valence-electron chi connectivity index (χ4n) is 4.03. The van der Waals surface area contributed by atoms with Gasteiger partial charge in [0.2, 0.25) is 0 Å². The number of allylic oxidation sites excluding steroid dienone is 2. The van der Waals surface area contributed by atoms with Crippen LogP contribution in [0.3, 0.4) is 0 Å². The Morgan fingerprint density at radius 3 is 2.54 bits per heavy atom. The largest absolute Gasteiger partial charge is 0.478 e. The van der Waals surface area contributed by atoms with E-state index in [0.717, 1.165) is 35.9 Å². The highest BCUT2D eigenvalue weighted by atomic mass is 19.4. The van der Waals surface area contributed by atoms with Gasteiger partial charge in [-0.05, 0) is 43.7 Å². The molecule has 0 radical (unpaired) electrons. The monoisotopic (exact) mass is 497 g/mol. The summed E-state index contributed by atoms with van der Waals surface area (Å²) in [6, 6.07) is -0.676. The summed E-state index contributed by atoms with van der Waals surface area (Å²) in [6.07, 6.45) is 0.911. The van der Waals surface area contributed by atoms with Crippen LogP contribution < -0.4 is 21.1 Å². The van der Waals surface area contributed by atoms with Gasteiger partial charge in [-0.25, -0.2) is 14.2 Å². The lowest BCUT2D eigenvalue weighted by molar-refractivity contribution is -0.160. The maximum absolute atomic E-state index is 14.3. The second-order valence-electron chi connectivity index (χ2n) is 7.83. The molecule has 2 aliphatic rings. The number of anilines is 1. The quantitative estimate of drug-likeness (QED) is 0.544. The summed E-state index contributed by atoms with van der Waals surface area (Å²) in [5.74, 6) is -2.26. The summed E-state index contributed by atoms with van der Waals surface area (Å²) in [7, 11) is 0. The first-order chi connectivity index (χ1) is 16.6. The topological polar surface area (TPSA) is 99.0 Å². The van der Waals surface area contributed by atoms with Crippen LogP contribution in [0, 0.1) is 5.82 Å². The lowest BCUT2D eigenvalue weighted by atomic mass is 10.0. The summed E-state index contributed by atoms with van der Waals surface area (Å²) in [5, 5.41) is 14.1. The normalized spacial score (nSPS) is 18.9. The van der Waals surface area contributed by atoms with E-state index in [0.29, 0.717) is 19.2 Å².